The maximum atomic E-state index is 13.0. The zero-order chi connectivity index (χ0) is 47.6. The Morgan fingerprint density at radius 2 is 1.14 bits per heavy atom. The molecular weight excluding hydrogens is 976 g/mol. The van der Waals surface area contributed by atoms with Crippen LogP contribution in [0.3, 0.4) is 0 Å². The quantitative estimate of drug-likeness (QED) is 0.0287. The van der Waals surface area contributed by atoms with Gasteiger partial charge in [0.1, 0.15) is 21.3 Å². The van der Waals surface area contributed by atoms with Gasteiger partial charge in [0, 0.05) is 52.2 Å². The molecule has 0 saturated carbocycles. The Bertz CT molecular complexity index is 3090. The van der Waals surface area contributed by atoms with Crippen molar-refractivity contribution in [3.8, 4) is 11.5 Å². The fraction of sp³-hybridized carbons (Fsp3) is 0.0513. The van der Waals surface area contributed by atoms with Crippen molar-refractivity contribution >= 4 is 113 Å². The number of halogens is 4. The number of aryl methyl sites for hydroxylation is 1. The van der Waals surface area contributed by atoms with Gasteiger partial charge in [-0.2, -0.15) is 10.2 Å². The summed E-state index contributed by atoms with van der Waals surface area (Å²) in [7, 11) is -8.63. The van der Waals surface area contributed by atoms with Crippen LogP contribution < -0.4 is 20.3 Å². The first-order valence-electron chi connectivity index (χ1n) is 17.9. The number of aromatic hydroxyl groups is 2. The molecule has 5 aromatic carbocycles. The highest BCUT2D eigenvalue weighted by atomic mass is 35.5. The average molecular weight is 1010 g/mol. The number of phenolic OH excluding ortho intramolecular Hbond substituents is 1. The van der Waals surface area contributed by atoms with Gasteiger partial charge in [0.2, 0.25) is 0 Å². The summed E-state index contributed by atoms with van der Waals surface area (Å²) in [5, 5.41) is 60.4. The molecule has 0 saturated heterocycles. The number of pyridine rings is 1. The van der Waals surface area contributed by atoms with Gasteiger partial charge < -0.3 is 15.3 Å². The normalized spacial score (nSPS) is 11.5. The van der Waals surface area contributed by atoms with Crippen LogP contribution in [0, 0.1) is 27.2 Å². The fourth-order valence-electron chi connectivity index (χ4n) is 5.31. The lowest BCUT2D eigenvalue weighted by atomic mass is 10.1. The number of rotatable bonds is 15. The number of aromatic nitrogens is 1. The number of nitrogens with zero attached hydrogens (tertiary/aromatic N) is 5. The summed E-state index contributed by atoms with van der Waals surface area (Å²) in [6.45, 7) is 1.14. The van der Waals surface area contributed by atoms with Gasteiger partial charge in [-0.15, -0.1) is 0 Å². The topological polar surface area (TPSA) is 301 Å². The lowest BCUT2D eigenvalue weighted by Gasteiger charge is -2.13. The predicted molar refractivity (Wildman–Crippen MR) is 248 cm³/mol. The largest absolute Gasteiger partial charge is 0.506 e. The smallest absolute Gasteiger partial charge is 0.270 e. The molecule has 0 amide bonds. The number of nitrogens with one attached hydrogen (secondary N) is 4. The van der Waals surface area contributed by atoms with Gasteiger partial charge in [-0.25, -0.2) is 16.8 Å². The Balaban J connectivity index is 0.000000244. The number of para-hydroxylation sites is 2. The molecule has 0 aliphatic rings. The van der Waals surface area contributed by atoms with Crippen molar-refractivity contribution in [2.24, 2.45) is 10.2 Å². The number of nitro groups is 2. The van der Waals surface area contributed by atoms with Crippen molar-refractivity contribution in [1.82, 2.24) is 4.98 Å². The number of phenols is 1. The third-order valence-corrected chi connectivity index (χ3v) is 12.5. The molecule has 0 radical (unpaired) electrons. The van der Waals surface area contributed by atoms with Crippen molar-refractivity contribution in [2.45, 2.75) is 23.3 Å². The van der Waals surface area contributed by atoms with Crippen molar-refractivity contribution in [1.29, 1.82) is 0 Å². The van der Waals surface area contributed by atoms with Crippen LogP contribution in [0.5, 0.6) is 11.5 Å². The number of anilines is 4. The minimum absolute atomic E-state index is 0.00138. The number of hydrogen-bond donors (Lipinski definition) is 7. The Morgan fingerprint density at radius 1 is 0.662 bits per heavy atom. The van der Waals surface area contributed by atoms with Gasteiger partial charge >= 0.3 is 0 Å². The SMILES string of the molecule is Cc1ncc(CO)c(/C=N/Nc2ccc([N+](=O)[O-])cc2S(=O)(=O)Nc2ccccc2Cl)c1O.O=[N+]([O-])c1ccc(N/N=C/c2cc(Cl)cc(Cl)c2O)c(S(=O)(=O)Nc2ccccc2Cl)c1. The molecule has 20 nitrogen and oxygen atoms in total. The minimum Gasteiger partial charge on any atom is -0.506 e. The van der Waals surface area contributed by atoms with E-state index in [0.29, 0.717) is 11.3 Å². The molecule has 6 aromatic rings. The summed E-state index contributed by atoms with van der Waals surface area (Å²) in [5.74, 6) is -0.484. The van der Waals surface area contributed by atoms with Crippen molar-refractivity contribution in [3.05, 3.63) is 166 Å². The van der Waals surface area contributed by atoms with Crippen LogP contribution in [0.4, 0.5) is 34.1 Å². The number of aliphatic hydroxyl groups is 1. The van der Waals surface area contributed by atoms with Gasteiger partial charge in [0.05, 0.1) is 72.4 Å². The molecule has 6 rings (SSSR count). The van der Waals surface area contributed by atoms with E-state index in [9.17, 15) is 52.4 Å². The summed E-state index contributed by atoms with van der Waals surface area (Å²) >= 11 is 23.8. The van der Waals surface area contributed by atoms with Crippen LogP contribution in [0.2, 0.25) is 20.1 Å². The molecule has 0 unspecified atom stereocenters. The molecule has 0 spiro atoms. The molecule has 0 aliphatic carbocycles. The van der Waals surface area contributed by atoms with Crippen LogP contribution in [0.15, 0.2) is 123 Å². The number of hydrazone groups is 2. The molecule has 0 fully saturated rings. The minimum atomic E-state index is -4.32. The second-order valence-corrected chi connectivity index (χ2v) is 17.9. The van der Waals surface area contributed by atoms with Crippen LogP contribution in [0.25, 0.3) is 0 Å². The predicted octanol–water partition coefficient (Wildman–Crippen LogP) is 8.90. The van der Waals surface area contributed by atoms with E-state index >= 15 is 0 Å². The van der Waals surface area contributed by atoms with E-state index in [-0.39, 0.29) is 65.5 Å². The van der Waals surface area contributed by atoms with Gasteiger partial charge in [0.15, 0.2) is 0 Å². The molecule has 1 heterocycles. The first kappa shape index (κ1) is 49.2. The lowest BCUT2D eigenvalue weighted by molar-refractivity contribution is -0.385. The van der Waals surface area contributed by atoms with Crippen LogP contribution >= 0.6 is 46.4 Å². The fourth-order valence-corrected chi connectivity index (χ4v) is 8.81. The van der Waals surface area contributed by atoms with Gasteiger partial charge in [-0.05, 0) is 55.5 Å². The van der Waals surface area contributed by atoms with E-state index in [1.807, 2.05) is 0 Å². The number of non-ortho nitro benzene ring substituents is 2. The van der Waals surface area contributed by atoms with Crippen LogP contribution in [0.1, 0.15) is 22.4 Å². The lowest BCUT2D eigenvalue weighted by Crippen LogP contribution is -2.15. The number of sulfonamides is 2. The van der Waals surface area contributed by atoms with E-state index < -0.39 is 57.7 Å². The summed E-state index contributed by atoms with van der Waals surface area (Å²) in [4.78, 5) is 24.0. The molecule has 26 heteroatoms. The first-order valence-corrected chi connectivity index (χ1v) is 22.4. The number of benzene rings is 5. The third kappa shape index (κ3) is 12.5. The summed E-state index contributed by atoms with van der Waals surface area (Å²) in [5.41, 5.74) is 5.08. The number of nitro benzene ring substituents is 2. The van der Waals surface area contributed by atoms with E-state index in [1.54, 1.807) is 31.2 Å². The van der Waals surface area contributed by atoms with Gasteiger partial charge in [-0.3, -0.25) is 45.5 Å². The molecule has 1 aromatic heterocycles. The summed E-state index contributed by atoms with van der Waals surface area (Å²) < 4.78 is 56.6. The molecule has 0 bridgehead atoms. The van der Waals surface area contributed by atoms with Crippen molar-refractivity contribution in [2.75, 3.05) is 20.3 Å². The zero-order valence-corrected chi connectivity index (χ0v) is 37.5. The summed E-state index contributed by atoms with van der Waals surface area (Å²) in [6.07, 6.45) is 3.70. The molecular formula is C39H31Cl4N9O11S2. The summed E-state index contributed by atoms with van der Waals surface area (Å²) in [6, 6.07) is 21.3. The Labute approximate surface area is 389 Å². The monoisotopic (exact) mass is 1010 g/mol. The first-order chi connectivity index (χ1) is 30.7. The second kappa shape index (κ2) is 21.3. The Kier molecular flexibility index (Phi) is 16.1. The molecule has 0 atom stereocenters. The molecule has 7 N–H and O–H groups in total. The highest BCUT2D eigenvalue weighted by Gasteiger charge is 2.25. The maximum Gasteiger partial charge on any atom is 0.270 e. The number of aliphatic hydroxyl groups excluding tert-OH is 1. The van der Waals surface area contributed by atoms with E-state index in [1.165, 1.54) is 60.9 Å². The average Bonchev–Trinajstić information content (AvgIpc) is 3.25. The van der Waals surface area contributed by atoms with Crippen molar-refractivity contribution in [3.63, 3.8) is 0 Å². The Morgan fingerprint density at radius 3 is 1.60 bits per heavy atom. The molecule has 338 valence electrons. The molecule has 0 aliphatic heterocycles. The van der Waals surface area contributed by atoms with Gasteiger partial charge in [0.25, 0.3) is 31.4 Å². The van der Waals surface area contributed by atoms with E-state index in [4.69, 9.17) is 46.4 Å². The molecule has 65 heavy (non-hydrogen) atoms. The third-order valence-electron chi connectivity index (χ3n) is 8.52. The Hall–Kier alpha value is -6.79. The van der Waals surface area contributed by atoms with Crippen LogP contribution in [-0.4, -0.2) is 59.4 Å². The maximum absolute atomic E-state index is 13.0. The van der Waals surface area contributed by atoms with Crippen molar-refractivity contribution < 1.29 is 42.0 Å². The van der Waals surface area contributed by atoms with Gasteiger partial charge in [-0.1, -0.05) is 70.7 Å². The van der Waals surface area contributed by atoms with Crippen LogP contribution in [-0.2, 0) is 26.7 Å². The van der Waals surface area contributed by atoms with E-state index in [2.05, 4.69) is 35.5 Å². The highest BCUT2D eigenvalue weighted by molar-refractivity contribution is 7.93. The second-order valence-electron chi connectivity index (χ2n) is 12.9. The standard InChI is InChI=1S/C20H18ClN5O6S.C19H13Cl3N4O5S/c1-12-20(28)15(13(11-27)9-22-12)10-23-24-18-7-6-14(26(29)30)8-19(18)33(31,32)25-17-5-3-2-4-16(17)21;20-12-7-11(19(27)15(22)8-12)10-23-24-17-6-5-13(26(28)29)9-18(17)32(30,31)25-16-4-2-1-3-14(16)21/h2-10,24-25,27-28H,11H2,1H3;1-10,24-25,27H/b2*23-10+. The number of hydrogen-bond acceptors (Lipinski definition) is 16. The highest BCUT2D eigenvalue weighted by Crippen LogP contribution is 2.34. The van der Waals surface area contributed by atoms with E-state index in [0.717, 1.165) is 30.5 Å². The zero-order valence-electron chi connectivity index (χ0n) is 32.8.